The molecule has 1 amide bonds. The number of imidazole rings is 1. The number of hydrogen-bond acceptors (Lipinski definition) is 4. The fourth-order valence-corrected chi connectivity index (χ4v) is 3.19. The summed E-state index contributed by atoms with van der Waals surface area (Å²) in [5.74, 6) is 0.0925. The fraction of sp³-hybridized carbons (Fsp3) is 0.118. The molecule has 0 aliphatic heterocycles. The van der Waals surface area contributed by atoms with Crippen LogP contribution in [0.1, 0.15) is 5.56 Å². The Morgan fingerprint density at radius 1 is 1.29 bits per heavy atom. The Hall–Kier alpha value is -2.12. The minimum Gasteiger partial charge on any atom is -0.322 e. The quantitative estimate of drug-likeness (QED) is 0.403. The van der Waals surface area contributed by atoms with Gasteiger partial charge in [-0.25, -0.2) is 10.4 Å². The van der Waals surface area contributed by atoms with Crippen molar-refractivity contribution in [2.45, 2.75) is 5.16 Å². The van der Waals surface area contributed by atoms with Gasteiger partial charge in [-0.05, 0) is 29.8 Å². The summed E-state index contributed by atoms with van der Waals surface area (Å²) in [6.45, 7) is 0. The molecule has 1 aromatic heterocycles. The second-order valence-corrected chi connectivity index (χ2v) is 6.93. The van der Waals surface area contributed by atoms with Crippen LogP contribution in [0, 0.1) is 0 Å². The number of carbonyl (C=O) groups excluding carboxylic acids is 1. The van der Waals surface area contributed by atoms with Crippen molar-refractivity contribution in [2.75, 3.05) is 5.75 Å². The Kier molecular flexibility index (Phi) is 5.32. The molecule has 0 aliphatic rings. The molecule has 0 saturated carbocycles. The second kappa shape index (κ2) is 7.63. The third kappa shape index (κ3) is 4.04. The van der Waals surface area contributed by atoms with Crippen molar-refractivity contribution < 1.29 is 4.79 Å². The van der Waals surface area contributed by atoms with Gasteiger partial charge in [-0.1, -0.05) is 52.0 Å². The van der Waals surface area contributed by atoms with Gasteiger partial charge < -0.3 is 4.57 Å². The predicted octanol–water partition coefficient (Wildman–Crippen LogP) is 3.58. The van der Waals surface area contributed by atoms with Crippen molar-refractivity contribution in [3.8, 4) is 0 Å². The van der Waals surface area contributed by atoms with Crippen LogP contribution >= 0.6 is 27.7 Å². The number of rotatable bonds is 5. The Morgan fingerprint density at radius 2 is 2.04 bits per heavy atom. The van der Waals surface area contributed by atoms with Crippen molar-refractivity contribution in [3.63, 3.8) is 0 Å². The van der Waals surface area contributed by atoms with Gasteiger partial charge in [-0.2, -0.15) is 5.10 Å². The maximum absolute atomic E-state index is 11.9. The zero-order valence-corrected chi connectivity index (χ0v) is 15.3. The predicted molar refractivity (Wildman–Crippen MR) is 101 cm³/mol. The highest BCUT2D eigenvalue weighted by atomic mass is 79.9. The molecule has 0 unspecified atom stereocenters. The number of hydrogen-bond donors (Lipinski definition) is 1. The summed E-state index contributed by atoms with van der Waals surface area (Å²) in [5.41, 5.74) is 5.42. The Bertz CT molecular complexity index is 889. The smallest absolute Gasteiger partial charge is 0.250 e. The van der Waals surface area contributed by atoms with E-state index in [0.29, 0.717) is 0 Å². The molecule has 7 heteroatoms. The lowest BCUT2D eigenvalue weighted by Crippen LogP contribution is -2.19. The number of halogens is 1. The van der Waals surface area contributed by atoms with Gasteiger partial charge in [-0.3, -0.25) is 4.79 Å². The van der Waals surface area contributed by atoms with E-state index in [2.05, 4.69) is 31.4 Å². The molecule has 0 aliphatic carbocycles. The normalized spacial score (nSPS) is 11.2. The average Bonchev–Trinajstić information content (AvgIpc) is 2.91. The lowest BCUT2D eigenvalue weighted by molar-refractivity contribution is -0.118. The molecule has 2 aromatic carbocycles. The SMILES string of the molecule is Cn1c(SCC(=O)N/N=C/c2ccc(Br)cc2)nc2ccccc21. The molecule has 0 saturated heterocycles. The number of nitrogens with zero attached hydrogens (tertiary/aromatic N) is 3. The summed E-state index contributed by atoms with van der Waals surface area (Å²) < 4.78 is 2.99. The highest BCUT2D eigenvalue weighted by Gasteiger charge is 2.09. The summed E-state index contributed by atoms with van der Waals surface area (Å²) in [6, 6.07) is 15.6. The lowest BCUT2D eigenvalue weighted by Gasteiger charge is -2.01. The van der Waals surface area contributed by atoms with Gasteiger partial charge in [0, 0.05) is 11.5 Å². The second-order valence-electron chi connectivity index (χ2n) is 5.08. The van der Waals surface area contributed by atoms with Crippen molar-refractivity contribution in [3.05, 3.63) is 58.6 Å². The van der Waals surface area contributed by atoms with Crippen LogP contribution in [0.3, 0.4) is 0 Å². The van der Waals surface area contributed by atoms with Crippen LogP contribution in [-0.4, -0.2) is 27.4 Å². The Morgan fingerprint density at radius 3 is 2.79 bits per heavy atom. The number of aromatic nitrogens is 2. The molecule has 0 radical (unpaired) electrons. The van der Waals surface area contributed by atoms with Crippen LogP contribution in [0.5, 0.6) is 0 Å². The molecule has 5 nitrogen and oxygen atoms in total. The summed E-state index contributed by atoms with van der Waals surface area (Å²) in [5, 5.41) is 4.78. The first-order chi connectivity index (χ1) is 11.6. The summed E-state index contributed by atoms with van der Waals surface area (Å²) >= 11 is 4.76. The molecule has 24 heavy (non-hydrogen) atoms. The largest absolute Gasteiger partial charge is 0.322 e. The molecule has 0 bridgehead atoms. The van der Waals surface area contributed by atoms with Gasteiger partial charge in [0.25, 0.3) is 5.91 Å². The molecule has 1 N–H and O–H groups in total. The summed E-state index contributed by atoms with van der Waals surface area (Å²) in [7, 11) is 1.95. The molecule has 1 heterocycles. The number of aryl methyl sites for hydroxylation is 1. The number of fused-ring (bicyclic) bond motifs is 1. The van der Waals surface area contributed by atoms with Crippen molar-refractivity contribution >= 4 is 50.8 Å². The van der Waals surface area contributed by atoms with Crippen molar-refractivity contribution in [1.29, 1.82) is 0 Å². The minimum absolute atomic E-state index is 0.166. The summed E-state index contributed by atoms with van der Waals surface area (Å²) in [6.07, 6.45) is 1.62. The van der Waals surface area contributed by atoms with Gasteiger partial charge in [0.1, 0.15) is 0 Å². The van der Waals surface area contributed by atoms with Crippen LogP contribution in [0.2, 0.25) is 0 Å². The zero-order valence-electron chi connectivity index (χ0n) is 12.9. The number of nitrogens with one attached hydrogen (secondary N) is 1. The van der Waals surface area contributed by atoms with Gasteiger partial charge in [0.05, 0.1) is 23.0 Å². The van der Waals surface area contributed by atoms with E-state index in [-0.39, 0.29) is 11.7 Å². The van der Waals surface area contributed by atoms with Crippen LogP contribution in [0.15, 0.2) is 63.3 Å². The minimum atomic E-state index is -0.166. The zero-order chi connectivity index (χ0) is 16.9. The highest BCUT2D eigenvalue weighted by molar-refractivity contribution is 9.10. The monoisotopic (exact) mass is 402 g/mol. The van der Waals surface area contributed by atoms with E-state index in [1.54, 1.807) is 6.21 Å². The fourth-order valence-electron chi connectivity index (χ4n) is 2.14. The van der Waals surface area contributed by atoms with E-state index < -0.39 is 0 Å². The third-order valence-corrected chi connectivity index (χ3v) is 4.91. The molecule has 122 valence electrons. The van der Waals surface area contributed by atoms with Gasteiger partial charge in [0.2, 0.25) is 0 Å². The number of amides is 1. The van der Waals surface area contributed by atoms with Gasteiger partial charge >= 0.3 is 0 Å². The van der Waals surface area contributed by atoms with E-state index in [9.17, 15) is 4.79 Å². The average molecular weight is 403 g/mol. The van der Waals surface area contributed by atoms with Crippen LogP contribution in [0.4, 0.5) is 0 Å². The van der Waals surface area contributed by atoms with Crippen molar-refractivity contribution in [2.24, 2.45) is 12.1 Å². The first-order valence-electron chi connectivity index (χ1n) is 7.25. The maximum Gasteiger partial charge on any atom is 0.250 e. The standard InChI is InChI=1S/C17H15BrN4OS/c1-22-15-5-3-2-4-14(15)20-17(22)24-11-16(23)21-19-10-12-6-8-13(18)9-7-12/h2-10H,11H2,1H3,(H,21,23)/b19-10+. The Balaban J connectivity index is 1.55. The molecule has 0 fully saturated rings. The van der Waals surface area contributed by atoms with Crippen molar-refractivity contribution in [1.82, 2.24) is 15.0 Å². The number of hydrazone groups is 1. The molecule has 0 atom stereocenters. The number of para-hydroxylation sites is 2. The maximum atomic E-state index is 11.9. The van der Waals surface area contributed by atoms with Crippen LogP contribution in [0.25, 0.3) is 11.0 Å². The molecule has 0 spiro atoms. The molecule has 3 rings (SSSR count). The number of benzene rings is 2. The van der Waals surface area contributed by atoms with Crippen LogP contribution < -0.4 is 5.43 Å². The van der Waals surface area contributed by atoms with Crippen LogP contribution in [-0.2, 0) is 11.8 Å². The molecular formula is C17H15BrN4OS. The van der Waals surface area contributed by atoms with E-state index >= 15 is 0 Å². The lowest BCUT2D eigenvalue weighted by atomic mass is 10.2. The third-order valence-electron chi connectivity index (χ3n) is 3.35. The first kappa shape index (κ1) is 16.7. The van der Waals surface area contributed by atoms with E-state index in [1.807, 2.05) is 60.1 Å². The first-order valence-corrected chi connectivity index (χ1v) is 9.03. The number of thioether (sulfide) groups is 1. The number of carbonyl (C=O) groups is 1. The summed E-state index contributed by atoms with van der Waals surface area (Å²) in [4.78, 5) is 16.4. The van der Waals surface area contributed by atoms with E-state index in [0.717, 1.165) is 26.2 Å². The molecular weight excluding hydrogens is 388 g/mol. The Labute approximate surface area is 152 Å². The topological polar surface area (TPSA) is 59.3 Å². The molecule has 3 aromatic rings. The van der Waals surface area contributed by atoms with Gasteiger partial charge in [-0.15, -0.1) is 0 Å². The van der Waals surface area contributed by atoms with E-state index in [1.165, 1.54) is 11.8 Å². The van der Waals surface area contributed by atoms with E-state index in [4.69, 9.17) is 0 Å². The van der Waals surface area contributed by atoms with Gasteiger partial charge in [0.15, 0.2) is 5.16 Å². The highest BCUT2D eigenvalue weighted by Crippen LogP contribution is 2.22.